The Morgan fingerprint density at radius 1 is 1.50 bits per heavy atom. The molecule has 0 spiro atoms. The van der Waals surface area contributed by atoms with Gasteiger partial charge in [0, 0.05) is 13.0 Å². The number of hydrogen-bond donors (Lipinski definition) is 2. The zero-order chi connectivity index (χ0) is 12.0. The number of ether oxygens (including phenoxy) is 1. The maximum Gasteiger partial charge on any atom is 0.407 e. The molecule has 1 heterocycles. The summed E-state index contributed by atoms with van der Waals surface area (Å²) in [6, 6.07) is 0. The number of aromatic amines is 1. The highest BCUT2D eigenvalue weighted by Crippen LogP contribution is 2.06. The molecule has 0 saturated carbocycles. The highest BCUT2D eigenvalue weighted by atomic mass is 16.6. The van der Waals surface area contributed by atoms with E-state index in [1.165, 1.54) is 0 Å². The summed E-state index contributed by atoms with van der Waals surface area (Å²) in [6.07, 6.45) is 1.06. The van der Waals surface area contributed by atoms with Crippen LogP contribution in [0.1, 0.15) is 33.0 Å². The summed E-state index contributed by atoms with van der Waals surface area (Å²) in [4.78, 5) is 11.2. The SMILES string of the molecule is CC(C)(C)OC(=O)NCCCc1nnn[nH]1. The topological polar surface area (TPSA) is 92.8 Å². The van der Waals surface area contributed by atoms with Gasteiger partial charge in [0.15, 0.2) is 0 Å². The van der Waals surface area contributed by atoms with E-state index in [4.69, 9.17) is 4.74 Å². The number of carbonyl (C=O) groups excluding carboxylic acids is 1. The quantitative estimate of drug-likeness (QED) is 0.737. The Labute approximate surface area is 93.9 Å². The summed E-state index contributed by atoms with van der Waals surface area (Å²) >= 11 is 0. The molecular formula is C9H17N5O2. The third-order valence-electron chi connectivity index (χ3n) is 1.65. The fraction of sp³-hybridized carbons (Fsp3) is 0.778. The molecule has 0 saturated heterocycles. The van der Waals surface area contributed by atoms with Gasteiger partial charge in [0.25, 0.3) is 0 Å². The lowest BCUT2D eigenvalue weighted by Crippen LogP contribution is -2.33. The van der Waals surface area contributed by atoms with E-state index in [1.54, 1.807) is 0 Å². The van der Waals surface area contributed by atoms with E-state index in [2.05, 4.69) is 25.9 Å². The van der Waals surface area contributed by atoms with Gasteiger partial charge in [0.2, 0.25) is 0 Å². The molecule has 1 aromatic heterocycles. The molecule has 0 aromatic carbocycles. The number of H-pyrrole nitrogens is 1. The fourth-order valence-corrected chi connectivity index (χ4v) is 1.05. The van der Waals surface area contributed by atoms with Crippen molar-refractivity contribution < 1.29 is 9.53 Å². The van der Waals surface area contributed by atoms with Gasteiger partial charge >= 0.3 is 6.09 Å². The van der Waals surface area contributed by atoms with Crippen molar-refractivity contribution >= 4 is 6.09 Å². The van der Waals surface area contributed by atoms with E-state index in [0.717, 1.165) is 6.42 Å². The van der Waals surface area contributed by atoms with Crippen molar-refractivity contribution in [1.29, 1.82) is 0 Å². The summed E-state index contributed by atoms with van der Waals surface area (Å²) < 4.78 is 5.08. The van der Waals surface area contributed by atoms with Crippen molar-refractivity contribution in [1.82, 2.24) is 25.9 Å². The number of rotatable bonds is 4. The first kappa shape index (κ1) is 12.4. The van der Waals surface area contributed by atoms with Crippen LogP contribution in [0.4, 0.5) is 4.79 Å². The van der Waals surface area contributed by atoms with Crippen LogP contribution >= 0.6 is 0 Å². The van der Waals surface area contributed by atoms with Crippen molar-refractivity contribution in [2.75, 3.05) is 6.54 Å². The maximum atomic E-state index is 11.2. The third-order valence-corrected chi connectivity index (χ3v) is 1.65. The molecule has 0 aliphatic heterocycles. The monoisotopic (exact) mass is 227 g/mol. The van der Waals surface area contributed by atoms with Gasteiger partial charge in [-0.1, -0.05) is 0 Å². The Hall–Kier alpha value is -1.66. The van der Waals surface area contributed by atoms with Gasteiger partial charge in [-0.05, 0) is 37.6 Å². The molecule has 0 atom stereocenters. The number of amides is 1. The molecule has 7 nitrogen and oxygen atoms in total. The first-order valence-electron chi connectivity index (χ1n) is 5.17. The molecule has 7 heteroatoms. The normalized spacial score (nSPS) is 11.2. The van der Waals surface area contributed by atoms with Crippen LogP contribution in [-0.4, -0.2) is 38.9 Å². The largest absolute Gasteiger partial charge is 0.444 e. The van der Waals surface area contributed by atoms with Gasteiger partial charge in [-0.3, -0.25) is 0 Å². The number of tetrazole rings is 1. The van der Waals surface area contributed by atoms with Gasteiger partial charge in [-0.2, -0.15) is 0 Å². The van der Waals surface area contributed by atoms with Gasteiger partial charge in [0.05, 0.1) is 0 Å². The fourth-order valence-electron chi connectivity index (χ4n) is 1.05. The number of hydrogen-bond acceptors (Lipinski definition) is 5. The summed E-state index contributed by atoms with van der Waals surface area (Å²) in [5.74, 6) is 0.714. The molecule has 1 amide bonds. The lowest BCUT2D eigenvalue weighted by molar-refractivity contribution is 0.0527. The van der Waals surface area contributed by atoms with E-state index < -0.39 is 11.7 Å². The molecule has 0 aliphatic carbocycles. The first-order valence-corrected chi connectivity index (χ1v) is 5.17. The van der Waals surface area contributed by atoms with Crippen molar-refractivity contribution in [2.24, 2.45) is 0 Å². The summed E-state index contributed by atoms with van der Waals surface area (Å²) in [6.45, 7) is 6.02. The minimum absolute atomic E-state index is 0.400. The van der Waals surface area contributed by atoms with Crippen LogP contribution in [0, 0.1) is 0 Å². The standard InChI is InChI=1S/C9H17N5O2/c1-9(2,3)16-8(15)10-6-4-5-7-11-13-14-12-7/h4-6H2,1-3H3,(H,10,15)(H,11,12,13,14). The van der Waals surface area contributed by atoms with Crippen LogP contribution in [0.5, 0.6) is 0 Å². The Balaban J connectivity index is 2.09. The van der Waals surface area contributed by atoms with Crippen molar-refractivity contribution in [3.63, 3.8) is 0 Å². The predicted molar refractivity (Wildman–Crippen MR) is 56.7 cm³/mol. The van der Waals surface area contributed by atoms with Gasteiger partial charge < -0.3 is 10.1 Å². The predicted octanol–water partition coefficient (Wildman–Crippen LogP) is 0.657. The second kappa shape index (κ2) is 5.43. The van der Waals surface area contributed by atoms with Crippen LogP contribution in [0.3, 0.4) is 0 Å². The Kier molecular flexibility index (Phi) is 4.21. The minimum Gasteiger partial charge on any atom is -0.444 e. The van der Waals surface area contributed by atoms with Crippen molar-refractivity contribution in [2.45, 2.75) is 39.2 Å². The van der Waals surface area contributed by atoms with Crippen LogP contribution in [-0.2, 0) is 11.2 Å². The number of alkyl carbamates (subject to hydrolysis) is 1. The molecule has 90 valence electrons. The van der Waals surface area contributed by atoms with E-state index in [0.29, 0.717) is 18.8 Å². The minimum atomic E-state index is -0.459. The first-order chi connectivity index (χ1) is 7.47. The van der Waals surface area contributed by atoms with Crippen LogP contribution in [0.25, 0.3) is 0 Å². The van der Waals surface area contributed by atoms with Crippen LogP contribution in [0.15, 0.2) is 0 Å². The average molecular weight is 227 g/mol. The second-order valence-electron chi connectivity index (χ2n) is 4.38. The molecule has 0 fully saturated rings. The molecule has 1 rings (SSSR count). The lowest BCUT2D eigenvalue weighted by atomic mass is 10.2. The zero-order valence-corrected chi connectivity index (χ0v) is 9.78. The Morgan fingerprint density at radius 2 is 2.25 bits per heavy atom. The Bertz CT molecular complexity index is 317. The van der Waals surface area contributed by atoms with E-state index >= 15 is 0 Å². The molecule has 16 heavy (non-hydrogen) atoms. The van der Waals surface area contributed by atoms with Crippen molar-refractivity contribution in [3.05, 3.63) is 5.82 Å². The highest BCUT2D eigenvalue weighted by molar-refractivity contribution is 5.67. The van der Waals surface area contributed by atoms with Crippen LogP contribution < -0.4 is 5.32 Å². The van der Waals surface area contributed by atoms with E-state index in [1.807, 2.05) is 20.8 Å². The second-order valence-corrected chi connectivity index (χ2v) is 4.38. The number of aromatic nitrogens is 4. The maximum absolute atomic E-state index is 11.2. The smallest absolute Gasteiger partial charge is 0.407 e. The lowest BCUT2D eigenvalue weighted by Gasteiger charge is -2.19. The molecule has 0 aliphatic rings. The highest BCUT2D eigenvalue weighted by Gasteiger charge is 2.15. The van der Waals surface area contributed by atoms with Gasteiger partial charge in [-0.25, -0.2) is 9.89 Å². The molecule has 0 bridgehead atoms. The molecule has 2 N–H and O–H groups in total. The van der Waals surface area contributed by atoms with E-state index in [9.17, 15) is 4.79 Å². The Morgan fingerprint density at radius 3 is 2.81 bits per heavy atom. The molecule has 0 radical (unpaired) electrons. The molecular weight excluding hydrogens is 210 g/mol. The summed E-state index contributed by atoms with van der Waals surface area (Å²) in [5, 5.41) is 15.9. The summed E-state index contributed by atoms with van der Waals surface area (Å²) in [5.41, 5.74) is -0.459. The molecule has 1 aromatic rings. The number of nitrogens with one attached hydrogen (secondary N) is 2. The van der Waals surface area contributed by atoms with Crippen molar-refractivity contribution in [3.8, 4) is 0 Å². The number of carbonyl (C=O) groups is 1. The third kappa shape index (κ3) is 5.28. The average Bonchev–Trinajstić information content (AvgIpc) is 2.62. The van der Waals surface area contributed by atoms with Gasteiger partial charge in [-0.15, -0.1) is 5.10 Å². The molecule has 0 unspecified atom stereocenters. The summed E-state index contributed by atoms with van der Waals surface area (Å²) in [7, 11) is 0. The van der Waals surface area contributed by atoms with Crippen LogP contribution in [0.2, 0.25) is 0 Å². The number of aryl methyl sites for hydroxylation is 1. The van der Waals surface area contributed by atoms with Gasteiger partial charge in [0.1, 0.15) is 11.4 Å². The van der Waals surface area contributed by atoms with E-state index in [-0.39, 0.29) is 0 Å². The zero-order valence-electron chi connectivity index (χ0n) is 9.78. The number of nitrogens with zero attached hydrogens (tertiary/aromatic N) is 3.